The molecule has 8 nitrogen and oxygen atoms in total. The van der Waals surface area contributed by atoms with E-state index < -0.39 is 0 Å². The highest BCUT2D eigenvalue weighted by Crippen LogP contribution is 2.30. The summed E-state index contributed by atoms with van der Waals surface area (Å²) in [6.07, 6.45) is 0.820. The summed E-state index contributed by atoms with van der Waals surface area (Å²) in [7, 11) is 2.17. The van der Waals surface area contributed by atoms with Gasteiger partial charge in [0, 0.05) is 62.6 Å². The maximum atomic E-state index is 13.3. The van der Waals surface area contributed by atoms with Crippen molar-refractivity contribution in [1.29, 1.82) is 0 Å². The Morgan fingerprint density at radius 3 is 2.70 bits per heavy atom. The van der Waals surface area contributed by atoms with Crippen molar-refractivity contribution in [1.82, 2.24) is 24.9 Å². The number of rotatable bonds is 6. The summed E-state index contributed by atoms with van der Waals surface area (Å²) >= 11 is 0. The number of hydrogen-bond donors (Lipinski definition) is 2. The van der Waals surface area contributed by atoms with Crippen LogP contribution in [0.5, 0.6) is 5.75 Å². The Bertz CT molecular complexity index is 1170. The van der Waals surface area contributed by atoms with Gasteiger partial charge in [-0.1, -0.05) is 13.0 Å². The van der Waals surface area contributed by atoms with Gasteiger partial charge in [-0.25, -0.2) is 0 Å². The summed E-state index contributed by atoms with van der Waals surface area (Å²) in [4.78, 5) is 20.0. The molecule has 0 bridgehead atoms. The van der Waals surface area contributed by atoms with Crippen LogP contribution in [-0.2, 0) is 19.5 Å². The van der Waals surface area contributed by atoms with Gasteiger partial charge >= 0.3 is 0 Å². The fourth-order valence-corrected chi connectivity index (χ4v) is 4.72. The first-order valence-corrected chi connectivity index (χ1v) is 11.7. The van der Waals surface area contributed by atoms with Gasteiger partial charge in [-0.2, -0.15) is 5.10 Å². The number of H-pyrrole nitrogens is 1. The van der Waals surface area contributed by atoms with Crippen molar-refractivity contribution in [2.45, 2.75) is 26.4 Å². The second kappa shape index (κ2) is 9.03. The Kier molecular flexibility index (Phi) is 5.95. The zero-order valence-electron chi connectivity index (χ0n) is 19.4. The average molecular weight is 449 g/mol. The van der Waals surface area contributed by atoms with Crippen molar-refractivity contribution in [3.63, 3.8) is 0 Å². The molecule has 5 rings (SSSR count). The number of benzene rings is 2. The van der Waals surface area contributed by atoms with E-state index in [4.69, 9.17) is 10.5 Å². The van der Waals surface area contributed by atoms with E-state index >= 15 is 0 Å². The lowest BCUT2D eigenvalue weighted by molar-refractivity contribution is 0.0752. The number of carbonyl (C=O) groups excluding carboxylic acids is 1. The van der Waals surface area contributed by atoms with Gasteiger partial charge in [0.15, 0.2) is 0 Å². The van der Waals surface area contributed by atoms with E-state index in [2.05, 4.69) is 46.1 Å². The predicted molar refractivity (Wildman–Crippen MR) is 129 cm³/mol. The van der Waals surface area contributed by atoms with Crippen LogP contribution in [-0.4, -0.2) is 77.2 Å². The van der Waals surface area contributed by atoms with Crippen LogP contribution in [0.2, 0.25) is 0 Å². The highest BCUT2D eigenvalue weighted by atomic mass is 16.5. The average Bonchev–Trinajstić information content (AvgIpc) is 3.42. The van der Waals surface area contributed by atoms with E-state index in [-0.39, 0.29) is 5.91 Å². The second-order valence-corrected chi connectivity index (χ2v) is 9.10. The zero-order chi connectivity index (χ0) is 22.9. The third-order valence-corrected chi connectivity index (χ3v) is 6.85. The fourth-order valence-electron chi connectivity index (χ4n) is 4.72. The summed E-state index contributed by atoms with van der Waals surface area (Å²) in [6.45, 7) is 9.22. The van der Waals surface area contributed by atoms with Crippen molar-refractivity contribution >= 4 is 22.5 Å². The first-order valence-electron chi connectivity index (χ1n) is 11.7. The summed E-state index contributed by atoms with van der Waals surface area (Å²) < 4.78 is 6.04. The smallest absolute Gasteiger partial charge is 0.256 e. The first kappa shape index (κ1) is 21.7. The number of likely N-dealkylation sites (N-methyl/N-ethyl adjacent to an activating group) is 1. The van der Waals surface area contributed by atoms with E-state index in [1.807, 2.05) is 17.0 Å². The number of nitrogen functional groups attached to an aromatic ring is 1. The van der Waals surface area contributed by atoms with Crippen LogP contribution in [0, 0.1) is 0 Å². The molecule has 3 heterocycles. The Labute approximate surface area is 194 Å². The topological polar surface area (TPSA) is 90.7 Å². The van der Waals surface area contributed by atoms with Crippen molar-refractivity contribution < 1.29 is 9.53 Å². The quantitative estimate of drug-likeness (QED) is 0.563. The van der Waals surface area contributed by atoms with E-state index in [1.165, 1.54) is 0 Å². The monoisotopic (exact) mass is 448 g/mol. The number of aryl methyl sites for hydroxylation is 1. The summed E-state index contributed by atoms with van der Waals surface area (Å²) in [5.74, 6) is 0.815. The molecule has 0 radical (unpaired) electrons. The minimum atomic E-state index is -0.0496. The molecule has 33 heavy (non-hydrogen) atoms. The van der Waals surface area contributed by atoms with Gasteiger partial charge < -0.3 is 20.3 Å². The lowest BCUT2D eigenvalue weighted by Crippen LogP contribution is -2.45. The van der Waals surface area contributed by atoms with Gasteiger partial charge in [0.1, 0.15) is 12.4 Å². The van der Waals surface area contributed by atoms with Gasteiger partial charge in [-0.15, -0.1) is 0 Å². The molecule has 1 fully saturated rings. The fraction of sp³-hybridized carbons (Fsp3) is 0.440. The minimum Gasteiger partial charge on any atom is -0.492 e. The number of hydrogen-bond acceptors (Lipinski definition) is 6. The Morgan fingerprint density at radius 2 is 1.91 bits per heavy atom. The molecular weight excluding hydrogens is 416 g/mol. The number of aromatic nitrogens is 2. The van der Waals surface area contributed by atoms with Gasteiger partial charge in [0.05, 0.1) is 11.1 Å². The number of aromatic amines is 1. The number of ether oxygens (including phenoxy) is 1. The molecule has 3 aromatic rings. The predicted octanol–water partition coefficient (Wildman–Crippen LogP) is 2.49. The molecule has 2 aliphatic heterocycles. The highest BCUT2D eigenvalue weighted by molar-refractivity contribution is 6.04. The van der Waals surface area contributed by atoms with Gasteiger partial charge in [-0.3, -0.25) is 14.8 Å². The third-order valence-electron chi connectivity index (χ3n) is 6.85. The molecule has 0 saturated carbocycles. The molecule has 0 aliphatic carbocycles. The van der Waals surface area contributed by atoms with Gasteiger partial charge in [0.25, 0.3) is 5.91 Å². The molecule has 1 amide bonds. The number of anilines is 1. The standard InChI is InChI=1S/C25H32N6O2/c1-3-23-21-13-20(22(26)14-24(21)28-27-23)25(32)31-15-17-4-5-19(12-18(17)16-31)33-11-10-30-8-6-29(2)7-9-30/h4-5,12-14H,3,6-11,15-16,26H2,1-2H3,(H,27,28). The number of carbonyl (C=O) groups is 1. The molecule has 0 spiro atoms. The molecule has 0 atom stereocenters. The van der Waals surface area contributed by atoms with Crippen LogP contribution >= 0.6 is 0 Å². The number of nitrogens with one attached hydrogen (secondary N) is 1. The lowest BCUT2D eigenvalue weighted by atomic mass is 10.1. The van der Waals surface area contributed by atoms with Crippen molar-refractivity contribution in [2.75, 3.05) is 52.1 Å². The third kappa shape index (κ3) is 4.41. The molecule has 8 heteroatoms. The van der Waals surface area contributed by atoms with Crippen molar-refractivity contribution in [3.8, 4) is 5.75 Å². The van der Waals surface area contributed by atoms with E-state index in [0.717, 1.165) is 72.6 Å². The van der Waals surface area contributed by atoms with Crippen molar-refractivity contribution in [3.05, 3.63) is 52.7 Å². The zero-order valence-corrected chi connectivity index (χ0v) is 19.4. The van der Waals surface area contributed by atoms with Gasteiger partial charge in [0.2, 0.25) is 0 Å². The molecule has 2 aliphatic rings. The number of nitrogens with two attached hydrogens (primary N) is 1. The van der Waals surface area contributed by atoms with Gasteiger partial charge in [-0.05, 0) is 48.9 Å². The molecule has 3 N–H and O–H groups in total. The Balaban J connectivity index is 1.23. The highest BCUT2D eigenvalue weighted by Gasteiger charge is 2.26. The van der Waals surface area contributed by atoms with Crippen LogP contribution in [0.15, 0.2) is 30.3 Å². The Morgan fingerprint density at radius 1 is 1.12 bits per heavy atom. The summed E-state index contributed by atoms with van der Waals surface area (Å²) in [5.41, 5.74) is 11.3. The minimum absolute atomic E-state index is 0.0496. The summed E-state index contributed by atoms with van der Waals surface area (Å²) in [5, 5.41) is 8.30. The number of amides is 1. The number of fused-ring (bicyclic) bond motifs is 2. The number of nitrogens with zero attached hydrogens (tertiary/aromatic N) is 4. The van der Waals surface area contributed by atoms with Crippen LogP contribution in [0.1, 0.15) is 34.1 Å². The maximum absolute atomic E-state index is 13.3. The SMILES string of the molecule is CCc1[nH]nc2cc(N)c(C(=O)N3Cc4ccc(OCCN5CCN(C)CC5)cc4C3)cc12. The second-order valence-electron chi connectivity index (χ2n) is 9.10. The molecule has 1 aromatic heterocycles. The maximum Gasteiger partial charge on any atom is 0.256 e. The van der Waals surface area contributed by atoms with E-state index in [9.17, 15) is 4.79 Å². The van der Waals surface area contributed by atoms with Crippen LogP contribution in [0.4, 0.5) is 5.69 Å². The van der Waals surface area contributed by atoms with Crippen LogP contribution in [0.25, 0.3) is 10.9 Å². The number of piperazine rings is 1. The lowest BCUT2D eigenvalue weighted by Gasteiger charge is -2.32. The molecular formula is C25H32N6O2. The molecule has 1 saturated heterocycles. The largest absolute Gasteiger partial charge is 0.492 e. The van der Waals surface area contributed by atoms with Crippen LogP contribution < -0.4 is 10.5 Å². The van der Waals surface area contributed by atoms with E-state index in [0.29, 0.717) is 30.9 Å². The summed E-state index contributed by atoms with van der Waals surface area (Å²) in [6, 6.07) is 9.82. The molecule has 2 aromatic carbocycles. The molecule has 0 unspecified atom stereocenters. The Hall–Kier alpha value is -3.10. The van der Waals surface area contributed by atoms with E-state index in [1.54, 1.807) is 6.07 Å². The van der Waals surface area contributed by atoms with Crippen molar-refractivity contribution in [2.24, 2.45) is 0 Å². The first-order chi connectivity index (χ1) is 16.0. The molecule has 174 valence electrons. The van der Waals surface area contributed by atoms with Crippen LogP contribution in [0.3, 0.4) is 0 Å². The normalized spacial score (nSPS) is 17.0.